The number of methoxy groups -OCH3 is 2. The summed E-state index contributed by atoms with van der Waals surface area (Å²) in [6.07, 6.45) is 8.46. The molecule has 0 unspecified atom stereocenters. The minimum absolute atomic E-state index is 0.0458. The van der Waals surface area contributed by atoms with Crippen LogP contribution in [0, 0.1) is 0 Å². The molecule has 0 radical (unpaired) electrons. The Kier molecular flexibility index (Phi) is 7.20. The van der Waals surface area contributed by atoms with Crippen LogP contribution in [0.25, 0.3) is 6.08 Å². The van der Waals surface area contributed by atoms with E-state index in [-0.39, 0.29) is 11.9 Å². The maximum absolute atomic E-state index is 13.5. The van der Waals surface area contributed by atoms with Gasteiger partial charge in [0.25, 0.3) is 5.91 Å². The first-order chi connectivity index (χ1) is 15.6. The van der Waals surface area contributed by atoms with Crippen LogP contribution in [0.4, 0.5) is 5.69 Å². The zero-order valence-corrected chi connectivity index (χ0v) is 19.8. The average molecular weight is 451 g/mol. The first kappa shape index (κ1) is 22.5. The normalized spacial score (nSPS) is 19.7. The number of para-hydroxylation sites is 1. The highest BCUT2D eigenvalue weighted by Gasteiger charge is 2.38. The molecule has 2 aromatic carbocycles. The van der Waals surface area contributed by atoms with Crippen molar-refractivity contribution in [1.29, 1.82) is 0 Å². The number of rotatable bonds is 6. The van der Waals surface area contributed by atoms with Crippen LogP contribution in [0.3, 0.4) is 0 Å². The summed E-state index contributed by atoms with van der Waals surface area (Å²) in [7, 11) is 3.23. The molecule has 0 spiro atoms. The Morgan fingerprint density at radius 3 is 2.53 bits per heavy atom. The number of nitrogens with zero attached hydrogens (tertiary/aromatic N) is 2. The standard InChI is InChI=1S/C26H30N2O3S/c1-4-19-10-8-9-13-21(19)27-26-28(20-11-6-5-7-12-20)25(29)24(32-26)17-18-14-15-22(30-2)23(16-18)31-3/h8-10,13-17,20H,4-7,11-12H2,1-3H3/b24-17+,27-26?. The van der Waals surface area contributed by atoms with E-state index in [0.29, 0.717) is 16.4 Å². The van der Waals surface area contributed by atoms with Gasteiger partial charge in [-0.15, -0.1) is 0 Å². The number of benzene rings is 2. The molecule has 2 fully saturated rings. The van der Waals surface area contributed by atoms with Crippen LogP contribution in [0.5, 0.6) is 11.5 Å². The Bertz CT molecular complexity index is 1040. The first-order valence-corrected chi connectivity index (χ1v) is 12.1. The largest absolute Gasteiger partial charge is 0.493 e. The Labute approximate surface area is 194 Å². The molecule has 5 nitrogen and oxygen atoms in total. The molecule has 1 saturated heterocycles. The molecule has 1 aliphatic carbocycles. The Hall–Kier alpha value is -2.73. The number of thioether (sulfide) groups is 1. The van der Waals surface area contributed by atoms with Gasteiger partial charge in [-0.05, 0) is 66.4 Å². The van der Waals surface area contributed by atoms with Gasteiger partial charge in [0, 0.05) is 6.04 Å². The highest BCUT2D eigenvalue weighted by Crippen LogP contribution is 2.39. The summed E-state index contributed by atoms with van der Waals surface area (Å²) in [6, 6.07) is 14.1. The van der Waals surface area contributed by atoms with E-state index in [1.165, 1.54) is 23.7 Å². The SMILES string of the molecule is CCc1ccccc1N=C1S/C(=C/c2ccc(OC)c(OC)c2)C(=O)N1C1CCCCC1. The molecule has 0 bridgehead atoms. The van der Waals surface area contributed by atoms with Crippen LogP contribution in [0.2, 0.25) is 0 Å². The number of carbonyl (C=O) groups excluding carboxylic acids is 1. The lowest BCUT2D eigenvalue weighted by molar-refractivity contribution is -0.124. The average Bonchev–Trinajstić information content (AvgIpc) is 3.14. The molecule has 0 aromatic heterocycles. The lowest BCUT2D eigenvalue weighted by atomic mass is 9.94. The fourth-order valence-electron chi connectivity index (χ4n) is 4.34. The van der Waals surface area contributed by atoms with E-state index in [0.717, 1.165) is 48.5 Å². The molecular formula is C26H30N2O3S. The number of aryl methyl sites for hydroxylation is 1. The second-order valence-electron chi connectivity index (χ2n) is 8.07. The minimum atomic E-state index is 0.0458. The van der Waals surface area contributed by atoms with E-state index < -0.39 is 0 Å². The summed E-state index contributed by atoms with van der Waals surface area (Å²) in [5.41, 5.74) is 3.03. The van der Waals surface area contributed by atoms with Gasteiger partial charge in [0.2, 0.25) is 0 Å². The second-order valence-corrected chi connectivity index (χ2v) is 9.08. The van der Waals surface area contributed by atoms with E-state index in [4.69, 9.17) is 14.5 Å². The van der Waals surface area contributed by atoms with Crippen molar-refractivity contribution in [3.63, 3.8) is 0 Å². The van der Waals surface area contributed by atoms with Gasteiger partial charge < -0.3 is 9.47 Å². The molecule has 1 aliphatic heterocycles. The zero-order chi connectivity index (χ0) is 22.5. The summed E-state index contributed by atoms with van der Waals surface area (Å²) in [6.45, 7) is 2.13. The number of aliphatic imine (C=N–C) groups is 1. The molecular weight excluding hydrogens is 420 g/mol. The minimum Gasteiger partial charge on any atom is -0.493 e. The topological polar surface area (TPSA) is 51.1 Å². The van der Waals surface area contributed by atoms with Gasteiger partial charge in [0.15, 0.2) is 16.7 Å². The van der Waals surface area contributed by atoms with Crippen molar-refractivity contribution in [2.24, 2.45) is 4.99 Å². The van der Waals surface area contributed by atoms with E-state index in [9.17, 15) is 4.79 Å². The fraction of sp³-hybridized carbons (Fsp3) is 0.385. The third-order valence-corrected chi connectivity index (χ3v) is 7.05. The quantitative estimate of drug-likeness (QED) is 0.492. The number of amides is 1. The molecule has 6 heteroatoms. The van der Waals surface area contributed by atoms with Gasteiger partial charge >= 0.3 is 0 Å². The van der Waals surface area contributed by atoms with Crippen LogP contribution in [0.1, 0.15) is 50.2 Å². The zero-order valence-electron chi connectivity index (χ0n) is 19.0. The molecule has 2 aliphatic rings. The van der Waals surface area contributed by atoms with Crippen LogP contribution < -0.4 is 9.47 Å². The third kappa shape index (κ3) is 4.70. The molecule has 168 valence electrons. The van der Waals surface area contributed by atoms with Crippen molar-refractivity contribution in [2.75, 3.05) is 14.2 Å². The Balaban J connectivity index is 1.72. The maximum Gasteiger partial charge on any atom is 0.267 e. The van der Waals surface area contributed by atoms with E-state index >= 15 is 0 Å². The van der Waals surface area contributed by atoms with E-state index in [1.807, 2.05) is 47.4 Å². The molecule has 1 amide bonds. The van der Waals surface area contributed by atoms with Crippen molar-refractivity contribution in [1.82, 2.24) is 4.90 Å². The number of carbonyl (C=O) groups is 1. The van der Waals surface area contributed by atoms with Gasteiger partial charge in [-0.2, -0.15) is 0 Å². The number of ether oxygens (including phenoxy) is 2. The van der Waals surface area contributed by atoms with Gasteiger partial charge in [-0.25, -0.2) is 4.99 Å². The molecule has 2 aromatic rings. The van der Waals surface area contributed by atoms with Crippen LogP contribution >= 0.6 is 11.8 Å². The third-order valence-electron chi connectivity index (χ3n) is 6.07. The molecule has 1 saturated carbocycles. The fourth-order valence-corrected chi connectivity index (χ4v) is 5.39. The van der Waals surface area contributed by atoms with Crippen LogP contribution in [-0.2, 0) is 11.2 Å². The van der Waals surface area contributed by atoms with Crippen LogP contribution in [0.15, 0.2) is 52.4 Å². The molecule has 4 rings (SSSR count). The highest BCUT2D eigenvalue weighted by molar-refractivity contribution is 8.18. The molecule has 32 heavy (non-hydrogen) atoms. The molecule has 0 N–H and O–H groups in total. The van der Waals surface area contributed by atoms with Gasteiger partial charge in [0.1, 0.15) is 0 Å². The van der Waals surface area contributed by atoms with Crippen molar-refractivity contribution in [2.45, 2.75) is 51.5 Å². The van der Waals surface area contributed by atoms with Crippen molar-refractivity contribution in [3.05, 3.63) is 58.5 Å². The summed E-state index contributed by atoms with van der Waals surface area (Å²) in [5.74, 6) is 1.36. The van der Waals surface area contributed by atoms with Crippen molar-refractivity contribution >= 4 is 34.6 Å². The van der Waals surface area contributed by atoms with Crippen molar-refractivity contribution < 1.29 is 14.3 Å². The summed E-state index contributed by atoms with van der Waals surface area (Å²) in [5, 5.41) is 0.787. The highest BCUT2D eigenvalue weighted by atomic mass is 32.2. The van der Waals surface area contributed by atoms with Gasteiger partial charge in [-0.3, -0.25) is 9.69 Å². The van der Waals surface area contributed by atoms with Gasteiger partial charge in [-0.1, -0.05) is 50.5 Å². The lowest BCUT2D eigenvalue weighted by Gasteiger charge is -2.30. The number of hydrogen-bond donors (Lipinski definition) is 0. The maximum atomic E-state index is 13.5. The second kappa shape index (κ2) is 10.3. The predicted molar refractivity (Wildman–Crippen MR) is 132 cm³/mol. The van der Waals surface area contributed by atoms with Gasteiger partial charge in [0.05, 0.1) is 24.8 Å². The summed E-state index contributed by atoms with van der Waals surface area (Å²) >= 11 is 1.47. The van der Waals surface area contributed by atoms with E-state index in [1.54, 1.807) is 14.2 Å². The summed E-state index contributed by atoms with van der Waals surface area (Å²) < 4.78 is 10.8. The first-order valence-electron chi connectivity index (χ1n) is 11.3. The Morgan fingerprint density at radius 2 is 1.81 bits per heavy atom. The van der Waals surface area contributed by atoms with Crippen LogP contribution in [-0.4, -0.2) is 36.2 Å². The number of hydrogen-bond acceptors (Lipinski definition) is 5. The monoisotopic (exact) mass is 450 g/mol. The smallest absolute Gasteiger partial charge is 0.267 e. The summed E-state index contributed by atoms with van der Waals surface area (Å²) in [4.78, 5) is 21.2. The van der Waals surface area contributed by atoms with E-state index in [2.05, 4.69) is 13.0 Å². The lowest BCUT2D eigenvalue weighted by Crippen LogP contribution is -2.40. The number of amidine groups is 1. The predicted octanol–water partition coefficient (Wildman–Crippen LogP) is 6.20. The Morgan fingerprint density at radius 1 is 1.06 bits per heavy atom. The van der Waals surface area contributed by atoms with Crippen molar-refractivity contribution in [3.8, 4) is 11.5 Å². The molecule has 1 heterocycles. The molecule has 0 atom stereocenters.